The van der Waals surface area contributed by atoms with Crippen LogP contribution in [0, 0.1) is 11.3 Å². The lowest BCUT2D eigenvalue weighted by Crippen LogP contribution is -2.02. The number of anilines is 1. The van der Waals surface area contributed by atoms with Crippen LogP contribution in [-0.2, 0) is 6.54 Å². The van der Waals surface area contributed by atoms with Crippen molar-refractivity contribution in [2.75, 3.05) is 5.32 Å². The van der Waals surface area contributed by atoms with Crippen molar-refractivity contribution < 1.29 is 0 Å². The van der Waals surface area contributed by atoms with Gasteiger partial charge in [-0.2, -0.15) is 10.2 Å². The lowest BCUT2D eigenvalue weighted by atomic mass is 10.1. The Hall–Kier alpha value is -3.72. The minimum atomic E-state index is 0.397. The van der Waals surface area contributed by atoms with Gasteiger partial charge in [-0.15, -0.1) is 5.10 Å². The lowest BCUT2D eigenvalue weighted by Gasteiger charge is -2.03. The van der Waals surface area contributed by atoms with Crippen LogP contribution in [0.15, 0.2) is 66.9 Å². The first-order chi connectivity index (χ1) is 12.3. The summed E-state index contributed by atoms with van der Waals surface area (Å²) in [6.07, 6.45) is 1.63. The fraction of sp³-hybridized carbons (Fsp3) is 0.0526. The molecule has 0 aliphatic carbocycles. The molecule has 1 aromatic carbocycles. The highest BCUT2D eigenvalue weighted by Gasteiger charge is 2.08. The standard InChI is InChI=1S/C19H14N6/c20-12-16-11-14(9-10-21-16)13-22-19-23-18-8-4-7-17(25(18)24-19)15-5-2-1-3-6-15/h1-11H,13H2,(H,22,24). The highest BCUT2D eigenvalue weighted by atomic mass is 15.4. The van der Waals surface area contributed by atoms with E-state index in [2.05, 4.69) is 20.4 Å². The summed E-state index contributed by atoms with van der Waals surface area (Å²) in [5.74, 6) is 0.540. The van der Waals surface area contributed by atoms with Crippen LogP contribution in [0.3, 0.4) is 0 Å². The molecule has 6 heteroatoms. The van der Waals surface area contributed by atoms with Gasteiger partial charge < -0.3 is 5.32 Å². The summed E-state index contributed by atoms with van der Waals surface area (Å²) < 4.78 is 1.82. The molecule has 0 amide bonds. The zero-order chi connectivity index (χ0) is 17.1. The van der Waals surface area contributed by atoms with E-state index in [1.165, 1.54) is 0 Å². The molecule has 120 valence electrons. The molecule has 25 heavy (non-hydrogen) atoms. The second kappa shape index (κ2) is 6.42. The SMILES string of the molecule is N#Cc1cc(CNc2nc3cccc(-c4ccccc4)n3n2)ccn1. The van der Waals surface area contributed by atoms with Gasteiger partial charge in [0.15, 0.2) is 5.65 Å². The minimum absolute atomic E-state index is 0.397. The molecule has 0 aliphatic rings. The van der Waals surface area contributed by atoms with Crippen LogP contribution >= 0.6 is 0 Å². The monoisotopic (exact) mass is 326 g/mol. The van der Waals surface area contributed by atoms with Crippen molar-refractivity contribution in [2.24, 2.45) is 0 Å². The van der Waals surface area contributed by atoms with Crippen LogP contribution in [-0.4, -0.2) is 19.6 Å². The van der Waals surface area contributed by atoms with Crippen molar-refractivity contribution in [3.63, 3.8) is 0 Å². The first-order valence-corrected chi connectivity index (χ1v) is 7.83. The Morgan fingerprint density at radius 1 is 1.04 bits per heavy atom. The van der Waals surface area contributed by atoms with Crippen molar-refractivity contribution >= 4 is 11.6 Å². The van der Waals surface area contributed by atoms with Crippen LogP contribution in [0.25, 0.3) is 16.9 Å². The molecule has 0 radical (unpaired) electrons. The summed E-state index contributed by atoms with van der Waals surface area (Å²) in [5.41, 5.74) is 4.19. The second-order valence-corrected chi connectivity index (χ2v) is 5.50. The average molecular weight is 326 g/mol. The van der Waals surface area contributed by atoms with Crippen LogP contribution in [0.1, 0.15) is 11.3 Å². The van der Waals surface area contributed by atoms with Gasteiger partial charge in [0.1, 0.15) is 11.8 Å². The van der Waals surface area contributed by atoms with Gasteiger partial charge >= 0.3 is 0 Å². The van der Waals surface area contributed by atoms with E-state index in [1.54, 1.807) is 12.3 Å². The van der Waals surface area contributed by atoms with Gasteiger partial charge in [0.25, 0.3) is 0 Å². The molecule has 0 fully saturated rings. The van der Waals surface area contributed by atoms with Gasteiger partial charge in [-0.3, -0.25) is 0 Å². The lowest BCUT2D eigenvalue weighted by molar-refractivity contribution is 0.956. The number of hydrogen-bond acceptors (Lipinski definition) is 5. The van der Waals surface area contributed by atoms with Crippen LogP contribution in [0.5, 0.6) is 0 Å². The Morgan fingerprint density at radius 2 is 1.92 bits per heavy atom. The second-order valence-electron chi connectivity index (χ2n) is 5.50. The Bertz CT molecular complexity index is 1060. The zero-order valence-electron chi connectivity index (χ0n) is 13.3. The quantitative estimate of drug-likeness (QED) is 0.622. The highest BCUT2D eigenvalue weighted by Crippen LogP contribution is 2.20. The maximum atomic E-state index is 8.92. The smallest absolute Gasteiger partial charge is 0.243 e. The average Bonchev–Trinajstić information content (AvgIpc) is 3.10. The molecule has 4 aromatic rings. The fourth-order valence-electron chi connectivity index (χ4n) is 2.63. The van der Waals surface area contributed by atoms with E-state index in [-0.39, 0.29) is 0 Å². The molecule has 0 atom stereocenters. The molecule has 0 saturated carbocycles. The molecular weight excluding hydrogens is 312 g/mol. The largest absolute Gasteiger partial charge is 0.349 e. The van der Waals surface area contributed by atoms with Crippen molar-refractivity contribution in [3.8, 4) is 17.3 Å². The van der Waals surface area contributed by atoms with Gasteiger partial charge in [-0.25, -0.2) is 9.50 Å². The number of aromatic nitrogens is 4. The molecule has 6 nitrogen and oxygen atoms in total. The summed E-state index contributed by atoms with van der Waals surface area (Å²) in [6, 6.07) is 21.6. The summed E-state index contributed by atoms with van der Waals surface area (Å²) in [5, 5.41) is 16.7. The van der Waals surface area contributed by atoms with E-state index >= 15 is 0 Å². The Balaban J connectivity index is 1.62. The van der Waals surface area contributed by atoms with Crippen molar-refractivity contribution in [1.29, 1.82) is 5.26 Å². The van der Waals surface area contributed by atoms with Gasteiger partial charge in [-0.05, 0) is 29.8 Å². The van der Waals surface area contributed by atoms with E-state index in [0.717, 1.165) is 22.5 Å². The third kappa shape index (κ3) is 3.03. The van der Waals surface area contributed by atoms with Gasteiger partial charge in [0, 0.05) is 18.3 Å². The molecule has 3 heterocycles. The predicted molar refractivity (Wildman–Crippen MR) is 94.7 cm³/mol. The number of pyridine rings is 2. The zero-order valence-corrected chi connectivity index (χ0v) is 13.3. The third-order valence-corrected chi connectivity index (χ3v) is 3.82. The van der Waals surface area contributed by atoms with Gasteiger partial charge in [0.05, 0.1) is 5.69 Å². The van der Waals surface area contributed by atoms with Gasteiger partial charge in [-0.1, -0.05) is 36.4 Å². The summed E-state index contributed by atoms with van der Waals surface area (Å²) in [6.45, 7) is 0.523. The van der Waals surface area contributed by atoms with Crippen molar-refractivity contribution in [1.82, 2.24) is 19.6 Å². The van der Waals surface area contributed by atoms with Crippen LogP contribution < -0.4 is 5.32 Å². The van der Waals surface area contributed by atoms with Crippen LogP contribution in [0.2, 0.25) is 0 Å². The molecule has 0 bridgehead atoms. The molecule has 0 spiro atoms. The molecule has 0 unspecified atom stereocenters. The first kappa shape index (κ1) is 14.8. The number of fused-ring (bicyclic) bond motifs is 1. The van der Waals surface area contributed by atoms with Crippen molar-refractivity contribution in [2.45, 2.75) is 6.54 Å². The van der Waals surface area contributed by atoms with Crippen molar-refractivity contribution in [3.05, 3.63) is 78.1 Å². The maximum absolute atomic E-state index is 8.92. The summed E-state index contributed by atoms with van der Waals surface area (Å²) in [7, 11) is 0. The number of hydrogen-bond donors (Lipinski definition) is 1. The summed E-state index contributed by atoms with van der Waals surface area (Å²) >= 11 is 0. The maximum Gasteiger partial charge on any atom is 0.243 e. The molecule has 0 aliphatic heterocycles. The summed E-state index contributed by atoms with van der Waals surface area (Å²) in [4.78, 5) is 8.49. The number of nitriles is 1. The molecule has 3 aromatic heterocycles. The fourth-order valence-corrected chi connectivity index (χ4v) is 2.63. The van der Waals surface area contributed by atoms with Crippen LogP contribution in [0.4, 0.5) is 5.95 Å². The highest BCUT2D eigenvalue weighted by molar-refractivity contribution is 5.63. The Labute approximate surface area is 144 Å². The molecular formula is C19H14N6. The van der Waals surface area contributed by atoms with Gasteiger partial charge in [0.2, 0.25) is 5.95 Å². The predicted octanol–water partition coefficient (Wildman–Crippen LogP) is 3.28. The van der Waals surface area contributed by atoms with E-state index in [9.17, 15) is 0 Å². The van der Waals surface area contributed by atoms with E-state index < -0.39 is 0 Å². The molecule has 1 N–H and O–H groups in total. The number of nitrogens with one attached hydrogen (secondary N) is 1. The minimum Gasteiger partial charge on any atom is -0.349 e. The Kier molecular flexibility index (Phi) is 3.81. The molecule has 4 rings (SSSR count). The normalized spacial score (nSPS) is 10.5. The number of nitrogens with zero attached hydrogens (tertiary/aromatic N) is 5. The Morgan fingerprint density at radius 3 is 2.76 bits per heavy atom. The van der Waals surface area contributed by atoms with E-state index in [1.807, 2.05) is 65.2 Å². The van der Waals surface area contributed by atoms with E-state index in [4.69, 9.17) is 5.26 Å². The third-order valence-electron chi connectivity index (χ3n) is 3.82. The topological polar surface area (TPSA) is 78.9 Å². The van der Waals surface area contributed by atoms with E-state index in [0.29, 0.717) is 18.2 Å². The molecule has 0 saturated heterocycles. The number of rotatable bonds is 4. The number of benzene rings is 1. The first-order valence-electron chi connectivity index (χ1n) is 7.83.